The number of aromatic hydroxyl groups is 2. The van der Waals surface area contributed by atoms with Gasteiger partial charge in [0.1, 0.15) is 11.5 Å². The van der Waals surface area contributed by atoms with E-state index in [0.29, 0.717) is 23.9 Å². The van der Waals surface area contributed by atoms with Crippen LogP contribution in [-0.2, 0) is 13.0 Å². The van der Waals surface area contributed by atoms with Crippen LogP contribution >= 0.6 is 0 Å². The largest absolute Gasteiger partial charge is 0.507 e. The Hall–Kier alpha value is -3.64. The highest BCUT2D eigenvalue weighted by Crippen LogP contribution is 2.37. The molecule has 0 spiro atoms. The zero-order chi connectivity index (χ0) is 18.6. The van der Waals surface area contributed by atoms with Crippen LogP contribution in [0.4, 0.5) is 0 Å². The smallest absolute Gasteiger partial charge is 0.130 e. The van der Waals surface area contributed by atoms with Crippen molar-refractivity contribution in [3.8, 4) is 23.3 Å². The summed E-state index contributed by atoms with van der Waals surface area (Å²) in [5.74, 6) is 6.50. The Labute approximate surface area is 158 Å². The molecule has 0 unspecified atom stereocenters. The van der Waals surface area contributed by atoms with Gasteiger partial charge in [0.05, 0.1) is 6.54 Å². The van der Waals surface area contributed by atoms with E-state index in [1.54, 1.807) is 6.07 Å². The highest BCUT2D eigenvalue weighted by atomic mass is 16.3. The number of hydrogen-bond donors (Lipinski definition) is 2. The average molecular weight is 353 g/mol. The molecular weight excluding hydrogens is 334 g/mol. The van der Waals surface area contributed by atoms with Crippen molar-refractivity contribution in [2.75, 3.05) is 0 Å². The molecule has 0 fully saturated rings. The van der Waals surface area contributed by atoms with Crippen LogP contribution < -0.4 is 0 Å². The Bertz CT molecular complexity index is 1130. The van der Waals surface area contributed by atoms with Crippen LogP contribution in [0.1, 0.15) is 16.7 Å². The predicted molar refractivity (Wildman–Crippen MR) is 108 cm³/mol. The highest BCUT2D eigenvalue weighted by Gasteiger charge is 2.13. The van der Waals surface area contributed by atoms with Crippen LogP contribution in [0.15, 0.2) is 79.1 Å². The van der Waals surface area contributed by atoms with E-state index in [-0.39, 0.29) is 11.5 Å². The summed E-state index contributed by atoms with van der Waals surface area (Å²) < 4.78 is 2.00. The van der Waals surface area contributed by atoms with E-state index >= 15 is 0 Å². The van der Waals surface area contributed by atoms with Crippen LogP contribution in [0, 0.1) is 11.8 Å². The molecule has 3 heteroatoms. The maximum absolute atomic E-state index is 10.8. The Morgan fingerprint density at radius 3 is 2.41 bits per heavy atom. The van der Waals surface area contributed by atoms with Gasteiger partial charge in [-0.1, -0.05) is 48.2 Å². The van der Waals surface area contributed by atoms with Gasteiger partial charge in [0, 0.05) is 35.3 Å². The normalized spacial score (nSPS) is 10.5. The second-order valence-electron chi connectivity index (χ2n) is 6.48. The van der Waals surface area contributed by atoms with Crippen molar-refractivity contribution < 1.29 is 10.2 Å². The van der Waals surface area contributed by atoms with Gasteiger partial charge in [-0.2, -0.15) is 0 Å². The van der Waals surface area contributed by atoms with Crippen molar-refractivity contribution in [2.24, 2.45) is 0 Å². The molecule has 3 aromatic carbocycles. The van der Waals surface area contributed by atoms with E-state index in [0.717, 1.165) is 16.5 Å². The van der Waals surface area contributed by atoms with Crippen LogP contribution in [0.2, 0.25) is 0 Å². The van der Waals surface area contributed by atoms with Crippen molar-refractivity contribution >= 4 is 10.8 Å². The van der Waals surface area contributed by atoms with Crippen molar-refractivity contribution in [1.82, 2.24) is 4.57 Å². The zero-order valence-corrected chi connectivity index (χ0v) is 14.8. The summed E-state index contributed by atoms with van der Waals surface area (Å²) in [6.07, 6.45) is 4.41. The molecule has 0 aliphatic rings. The Kier molecular flexibility index (Phi) is 4.55. The number of fused-ring (bicyclic) bond motifs is 1. The third-order valence-electron chi connectivity index (χ3n) is 4.58. The molecule has 0 aliphatic heterocycles. The molecule has 3 nitrogen and oxygen atoms in total. The minimum Gasteiger partial charge on any atom is -0.507 e. The summed E-state index contributed by atoms with van der Waals surface area (Å²) in [5, 5.41) is 22.6. The van der Waals surface area contributed by atoms with Crippen LogP contribution in [-0.4, -0.2) is 14.8 Å². The fourth-order valence-corrected chi connectivity index (χ4v) is 3.17. The third kappa shape index (κ3) is 3.65. The number of rotatable bonds is 3. The van der Waals surface area contributed by atoms with Crippen LogP contribution in [0.25, 0.3) is 10.8 Å². The average Bonchev–Trinajstić information content (AvgIpc) is 3.20. The van der Waals surface area contributed by atoms with Crippen molar-refractivity contribution in [1.29, 1.82) is 0 Å². The molecule has 0 atom stereocenters. The fourth-order valence-electron chi connectivity index (χ4n) is 3.17. The molecule has 132 valence electrons. The number of nitrogens with zero attached hydrogens (tertiary/aromatic N) is 1. The van der Waals surface area contributed by atoms with E-state index in [1.807, 2.05) is 77.6 Å². The summed E-state index contributed by atoms with van der Waals surface area (Å²) in [4.78, 5) is 0. The lowest BCUT2D eigenvalue weighted by Gasteiger charge is -2.11. The summed E-state index contributed by atoms with van der Waals surface area (Å²) in [5.41, 5.74) is 2.40. The van der Waals surface area contributed by atoms with Gasteiger partial charge in [-0.3, -0.25) is 0 Å². The summed E-state index contributed by atoms with van der Waals surface area (Å²) in [6, 6.07) is 21.1. The highest BCUT2D eigenvalue weighted by molar-refractivity contribution is 5.92. The second-order valence-corrected chi connectivity index (χ2v) is 6.48. The maximum atomic E-state index is 10.8. The van der Waals surface area contributed by atoms with E-state index in [1.165, 1.54) is 0 Å². The lowest BCUT2D eigenvalue weighted by Crippen LogP contribution is -1.92. The first kappa shape index (κ1) is 16.8. The third-order valence-corrected chi connectivity index (χ3v) is 4.58. The molecule has 27 heavy (non-hydrogen) atoms. The van der Waals surface area contributed by atoms with Crippen LogP contribution in [0.3, 0.4) is 0 Å². The topological polar surface area (TPSA) is 45.4 Å². The molecule has 4 rings (SSSR count). The van der Waals surface area contributed by atoms with E-state index in [2.05, 4.69) is 11.8 Å². The minimum atomic E-state index is 0.107. The molecule has 0 bridgehead atoms. The molecule has 0 radical (unpaired) electrons. The maximum Gasteiger partial charge on any atom is 0.130 e. The second kappa shape index (κ2) is 7.31. The lowest BCUT2D eigenvalue weighted by molar-refractivity contribution is 0.445. The van der Waals surface area contributed by atoms with Gasteiger partial charge in [0.2, 0.25) is 0 Å². The van der Waals surface area contributed by atoms with E-state index < -0.39 is 0 Å². The van der Waals surface area contributed by atoms with Crippen LogP contribution in [0.5, 0.6) is 11.5 Å². The van der Waals surface area contributed by atoms with E-state index in [9.17, 15) is 10.2 Å². The van der Waals surface area contributed by atoms with Crippen molar-refractivity contribution in [2.45, 2.75) is 13.0 Å². The van der Waals surface area contributed by atoms with Gasteiger partial charge >= 0.3 is 0 Å². The zero-order valence-electron chi connectivity index (χ0n) is 14.8. The minimum absolute atomic E-state index is 0.107. The standard InChI is InChI=1S/C24H19NO2/c26-23-17-20-11-10-19(9-6-14-25-12-4-5-13-25)15-21(20)24(27)22(23)16-18-7-2-1-3-8-18/h1-5,7-8,10-13,15,17,26-27H,14,16H2. The number of benzene rings is 3. The van der Waals surface area contributed by atoms with Gasteiger partial charge in [0.25, 0.3) is 0 Å². The number of phenolic OH excluding ortho intramolecular Hbond substituents is 2. The first-order valence-electron chi connectivity index (χ1n) is 8.82. The van der Waals surface area contributed by atoms with Gasteiger partial charge in [-0.25, -0.2) is 0 Å². The lowest BCUT2D eigenvalue weighted by atomic mass is 9.97. The Balaban J connectivity index is 1.68. The Morgan fingerprint density at radius 2 is 1.63 bits per heavy atom. The molecule has 2 N–H and O–H groups in total. The SMILES string of the molecule is Oc1cc2ccc(C#CCn3cccc3)cc2c(O)c1Cc1ccccc1. The molecule has 1 heterocycles. The molecular formula is C24H19NO2. The van der Waals surface area contributed by atoms with Gasteiger partial charge in [0.15, 0.2) is 0 Å². The molecule has 1 aromatic heterocycles. The van der Waals surface area contributed by atoms with Crippen molar-refractivity contribution in [3.05, 3.63) is 95.8 Å². The van der Waals surface area contributed by atoms with E-state index in [4.69, 9.17) is 0 Å². The number of phenols is 2. The summed E-state index contributed by atoms with van der Waals surface area (Å²) >= 11 is 0. The van der Waals surface area contributed by atoms with Gasteiger partial charge < -0.3 is 14.8 Å². The van der Waals surface area contributed by atoms with Gasteiger partial charge in [-0.15, -0.1) is 0 Å². The first-order valence-corrected chi connectivity index (χ1v) is 8.82. The molecule has 0 saturated carbocycles. The fraction of sp³-hybridized carbons (Fsp3) is 0.0833. The monoisotopic (exact) mass is 353 g/mol. The number of aromatic nitrogens is 1. The Morgan fingerprint density at radius 1 is 0.852 bits per heavy atom. The van der Waals surface area contributed by atoms with Gasteiger partial charge in [-0.05, 0) is 41.3 Å². The summed E-state index contributed by atoms with van der Waals surface area (Å²) in [6.45, 7) is 0.617. The number of hydrogen-bond acceptors (Lipinski definition) is 2. The van der Waals surface area contributed by atoms with Crippen molar-refractivity contribution in [3.63, 3.8) is 0 Å². The molecule has 0 amide bonds. The predicted octanol–water partition coefficient (Wildman–Crippen LogP) is 4.70. The quantitative estimate of drug-likeness (QED) is 0.525. The molecule has 0 aliphatic carbocycles. The first-order chi connectivity index (χ1) is 13.2. The molecule has 0 saturated heterocycles. The summed E-state index contributed by atoms with van der Waals surface area (Å²) in [7, 11) is 0. The molecule has 4 aromatic rings.